The van der Waals surface area contributed by atoms with Gasteiger partial charge in [-0.2, -0.15) is 0 Å². The number of hydrogen-bond acceptors (Lipinski definition) is 2. The summed E-state index contributed by atoms with van der Waals surface area (Å²) in [4.78, 5) is 12.8. The third kappa shape index (κ3) is 6.44. The maximum absolute atomic E-state index is 10.4. The van der Waals surface area contributed by atoms with E-state index in [-0.39, 0.29) is 0 Å². The first-order valence-corrected chi connectivity index (χ1v) is 6.56. The molecule has 0 aliphatic carbocycles. The van der Waals surface area contributed by atoms with Crippen molar-refractivity contribution in [3.63, 3.8) is 0 Å². The van der Waals surface area contributed by atoms with Gasteiger partial charge in [-0.15, -0.1) is 0 Å². The Balaban J connectivity index is 0.000000325. The number of carbonyl (C=O) groups is 1. The number of nitrogens with zero attached hydrogens (tertiary/aromatic N) is 1. The molecule has 0 atom stereocenters. The molecule has 96 valence electrons. The van der Waals surface area contributed by atoms with Gasteiger partial charge in [-0.25, -0.2) is 4.79 Å². The second kappa shape index (κ2) is 9.19. The third-order valence-corrected chi connectivity index (χ3v) is 3.14. The molecule has 0 fully saturated rings. The van der Waals surface area contributed by atoms with E-state index in [4.69, 9.17) is 5.11 Å². The monoisotopic (exact) mass is 301 g/mol. The van der Waals surface area contributed by atoms with Crippen molar-refractivity contribution in [2.75, 3.05) is 19.6 Å². The van der Waals surface area contributed by atoms with Crippen LogP contribution in [0.15, 0.2) is 28.7 Å². The first-order valence-electron chi connectivity index (χ1n) is 5.76. The number of halogens is 1. The van der Waals surface area contributed by atoms with E-state index in [1.807, 2.05) is 0 Å². The molecule has 1 rings (SSSR count). The summed E-state index contributed by atoms with van der Waals surface area (Å²) in [5.41, 5.74) is 0.294. The van der Waals surface area contributed by atoms with Gasteiger partial charge in [0.05, 0.1) is 5.56 Å². The Bertz CT molecular complexity index is 332. The predicted octanol–water partition coefficient (Wildman–Crippen LogP) is 3.50. The zero-order valence-corrected chi connectivity index (χ0v) is 12.2. The molecule has 1 aromatic rings. The van der Waals surface area contributed by atoms with Gasteiger partial charge < -0.3 is 10.0 Å². The smallest absolute Gasteiger partial charge is 0.336 e. The fraction of sp³-hybridized carbons (Fsp3) is 0.462. The third-order valence-electron chi connectivity index (χ3n) is 2.45. The Hall–Kier alpha value is -0.870. The Morgan fingerprint density at radius 2 is 1.65 bits per heavy atom. The SMILES string of the molecule is CCN(CC)CC.O=C(O)c1ccccc1Br. The average Bonchev–Trinajstić information content (AvgIpc) is 2.32. The molecule has 1 aromatic carbocycles. The van der Waals surface area contributed by atoms with Gasteiger partial charge >= 0.3 is 5.97 Å². The van der Waals surface area contributed by atoms with Gasteiger partial charge in [-0.1, -0.05) is 32.9 Å². The highest BCUT2D eigenvalue weighted by Gasteiger charge is 2.04. The molecule has 0 aromatic heterocycles. The minimum atomic E-state index is -0.910. The van der Waals surface area contributed by atoms with Crippen molar-refractivity contribution in [2.24, 2.45) is 0 Å². The van der Waals surface area contributed by atoms with Crippen LogP contribution < -0.4 is 0 Å². The quantitative estimate of drug-likeness (QED) is 0.925. The fourth-order valence-corrected chi connectivity index (χ4v) is 1.76. The van der Waals surface area contributed by atoms with E-state index < -0.39 is 5.97 Å². The van der Waals surface area contributed by atoms with Crippen LogP contribution in [0.25, 0.3) is 0 Å². The van der Waals surface area contributed by atoms with Crippen LogP contribution in [0.5, 0.6) is 0 Å². The molecule has 0 aliphatic rings. The van der Waals surface area contributed by atoms with Crippen LogP contribution in [-0.2, 0) is 0 Å². The van der Waals surface area contributed by atoms with Gasteiger partial charge in [0.2, 0.25) is 0 Å². The van der Waals surface area contributed by atoms with Crippen LogP contribution in [0.3, 0.4) is 0 Å². The lowest BCUT2D eigenvalue weighted by Crippen LogP contribution is -2.21. The highest BCUT2D eigenvalue weighted by molar-refractivity contribution is 9.10. The summed E-state index contributed by atoms with van der Waals surface area (Å²) >= 11 is 3.12. The van der Waals surface area contributed by atoms with E-state index in [1.54, 1.807) is 24.3 Å². The summed E-state index contributed by atoms with van der Waals surface area (Å²) < 4.78 is 0.613. The molecule has 17 heavy (non-hydrogen) atoms. The first kappa shape index (κ1) is 16.1. The molecule has 0 bridgehead atoms. The molecule has 1 N–H and O–H groups in total. The number of benzene rings is 1. The van der Waals surface area contributed by atoms with E-state index in [9.17, 15) is 4.79 Å². The molecule has 0 radical (unpaired) electrons. The summed E-state index contributed by atoms with van der Waals surface area (Å²) in [7, 11) is 0. The normalized spacial score (nSPS) is 9.71. The summed E-state index contributed by atoms with van der Waals surface area (Å²) in [5.74, 6) is -0.910. The van der Waals surface area contributed by atoms with Crippen molar-refractivity contribution >= 4 is 21.9 Å². The highest BCUT2D eigenvalue weighted by Crippen LogP contribution is 2.14. The number of aromatic carboxylic acids is 1. The minimum absolute atomic E-state index is 0.294. The van der Waals surface area contributed by atoms with Gasteiger partial charge in [0.1, 0.15) is 0 Å². The van der Waals surface area contributed by atoms with Crippen molar-refractivity contribution in [1.82, 2.24) is 4.90 Å². The number of carboxylic acids is 1. The fourth-order valence-electron chi connectivity index (χ4n) is 1.31. The standard InChI is InChI=1S/C7H5BrO2.C6H15N/c8-6-4-2-1-3-5(6)7(9)10;1-4-7(5-2)6-3/h1-4H,(H,9,10);4-6H2,1-3H3. The van der Waals surface area contributed by atoms with E-state index in [2.05, 4.69) is 41.6 Å². The molecule has 0 saturated carbocycles. The maximum atomic E-state index is 10.4. The van der Waals surface area contributed by atoms with Gasteiger partial charge in [0, 0.05) is 4.47 Å². The lowest BCUT2D eigenvalue weighted by atomic mass is 10.2. The van der Waals surface area contributed by atoms with Gasteiger partial charge in [-0.05, 0) is 47.7 Å². The lowest BCUT2D eigenvalue weighted by molar-refractivity contribution is 0.0696. The second-order valence-electron chi connectivity index (χ2n) is 3.40. The molecular weight excluding hydrogens is 282 g/mol. The van der Waals surface area contributed by atoms with E-state index >= 15 is 0 Å². The van der Waals surface area contributed by atoms with Crippen LogP contribution in [0, 0.1) is 0 Å². The summed E-state index contributed by atoms with van der Waals surface area (Å²) in [5, 5.41) is 8.54. The molecule has 0 heterocycles. The van der Waals surface area contributed by atoms with Crippen LogP contribution >= 0.6 is 15.9 Å². The number of rotatable bonds is 4. The molecule has 0 aliphatic heterocycles. The van der Waals surface area contributed by atoms with Crippen molar-refractivity contribution in [3.05, 3.63) is 34.3 Å². The van der Waals surface area contributed by atoms with Crippen LogP contribution in [0.4, 0.5) is 0 Å². The van der Waals surface area contributed by atoms with Gasteiger partial charge in [-0.3, -0.25) is 0 Å². The molecule has 0 unspecified atom stereocenters. The van der Waals surface area contributed by atoms with Crippen molar-refractivity contribution < 1.29 is 9.90 Å². The highest BCUT2D eigenvalue weighted by atomic mass is 79.9. The largest absolute Gasteiger partial charge is 0.478 e. The van der Waals surface area contributed by atoms with E-state index in [0.29, 0.717) is 10.0 Å². The Morgan fingerprint density at radius 3 is 1.88 bits per heavy atom. The van der Waals surface area contributed by atoms with Gasteiger partial charge in [0.25, 0.3) is 0 Å². The summed E-state index contributed by atoms with van der Waals surface area (Å²) in [6, 6.07) is 6.71. The second-order valence-corrected chi connectivity index (χ2v) is 4.26. The minimum Gasteiger partial charge on any atom is -0.478 e. The van der Waals surface area contributed by atoms with E-state index in [1.165, 1.54) is 19.6 Å². The molecular formula is C13H20BrNO2. The molecule has 0 spiro atoms. The Labute approximate surface area is 112 Å². The molecule has 0 saturated heterocycles. The zero-order chi connectivity index (χ0) is 13.3. The predicted molar refractivity (Wildman–Crippen MR) is 74.6 cm³/mol. The average molecular weight is 302 g/mol. The molecule has 0 amide bonds. The molecule has 3 nitrogen and oxygen atoms in total. The van der Waals surface area contributed by atoms with Crippen molar-refractivity contribution in [2.45, 2.75) is 20.8 Å². The van der Waals surface area contributed by atoms with Crippen LogP contribution in [-0.4, -0.2) is 35.6 Å². The number of carboxylic acid groups (broad SMARTS) is 1. The van der Waals surface area contributed by atoms with Crippen LogP contribution in [0.1, 0.15) is 31.1 Å². The van der Waals surface area contributed by atoms with Gasteiger partial charge in [0.15, 0.2) is 0 Å². The zero-order valence-electron chi connectivity index (χ0n) is 10.6. The van der Waals surface area contributed by atoms with Crippen molar-refractivity contribution in [3.8, 4) is 0 Å². The lowest BCUT2D eigenvalue weighted by Gasteiger charge is -2.13. The molecule has 4 heteroatoms. The van der Waals surface area contributed by atoms with E-state index in [0.717, 1.165) is 0 Å². The Kier molecular flexibility index (Phi) is 8.72. The summed E-state index contributed by atoms with van der Waals surface area (Å²) in [6.07, 6.45) is 0. The maximum Gasteiger partial charge on any atom is 0.336 e. The first-order chi connectivity index (χ1) is 8.06. The number of hydrogen-bond donors (Lipinski definition) is 1. The summed E-state index contributed by atoms with van der Waals surface area (Å²) in [6.45, 7) is 10.1. The van der Waals surface area contributed by atoms with Crippen molar-refractivity contribution in [1.29, 1.82) is 0 Å². The van der Waals surface area contributed by atoms with Crippen LogP contribution in [0.2, 0.25) is 0 Å². The Morgan fingerprint density at radius 1 is 1.18 bits per heavy atom. The topological polar surface area (TPSA) is 40.5 Å².